The van der Waals surface area contributed by atoms with Gasteiger partial charge in [0.25, 0.3) is 0 Å². The van der Waals surface area contributed by atoms with Crippen LogP contribution in [0, 0.1) is 12.3 Å². The molecule has 0 saturated carbocycles. The van der Waals surface area contributed by atoms with Gasteiger partial charge in [-0.3, -0.25) is 9.89 Å². The van der Waals surface area contributed by atoms with Crippen LogP contribution in [0.2, 0.25) is 0 Å². The smallest absolute Gasteiger partial charge is 0.357 e. The van der Waals surface area contributed by atoms with Crippen LogP contribution >= 0.6 is 0 Å². The molecule has 2 heterocycles. The van der Waals surface area contributed by atoms with E-state index in [0.29, 0.717) is 6.42 Å². The minimum atomic E-state index is -4.06. The zero-order valence-corrected chi connectivity index (χ0v) is 12.4. The molecule has 1 fully saturated rings. The van der Waals surface area contributed by atoms with Crippen molar-refractivity contribution in [3.8, 4) is 0 Å². The standard InChI is InChI=1S/C11H16N4O5S/c1-6-8(7(9(16)17)14-13-6)21(19,20)15-4-3-11(2,5-15)10(12)18/h3-5H2,1-2H3,(H2,12,18)(H,13,14)(H,16,17). The molecule has 1 aliphatic heterocycles. The van der Waals surface area contributed by atoms with Crippen molar-refractivity contribution in [1.82, 2.24) is 14.5 Å². The first-order valence-electron chi connectivity index (χ1n) is 6.18. The lowest BCUT2D eigenvalue weighted by atomic mass is 9.89. The molecular weight excluding hydrogens is 300 g/mol. The molecule has 21 heavy (non-hydrogen) atoms. The van der Waals surface area contributed by atoms with Crippen LogP contribution in [-0.2, 0) is 14.8 Å². The maximum absolute atomic E-state index is 12.6. The summed E-state index contributed by atoms with van der Waals surface area (Å²) in [6, 6.07) is 0. The van der Waals surface area contributed by atoms with Gasteiger partial charge >= 0.3 is 5.97 Å². The monoisotopic (exact) mass is 316 g/mol. The number of aromatic carboxylic acids is 1. The van der Waals surface area contributed by atoms with Gasteiger partial charge in [0.1, 0.15) is 4.90 Å². The van der Waals surface area contributed by atoms with E-state index < -0.39 is 33.0 Å². The Morgan fingerprint density at radius 3 is 2.57 bits per heavy atom. The van der Waals surface area contributed by atoms with Crippen LogP contribution in [0.4, 0.5) is 0 Å². The van der Waals surface area contributed by atoms with Gasteiger partial charge < -0.3 is 10.8 Å². The summed E-state index contributed by atoms with van der Waals surface area (Å²) in [4.78, 5) is 22.1. The predicted molar refractivity (Wildman–Crippen MR) is 71.0 cm³/mol. The Labute approximate surface area is 121 Å². The number of aromatic nitrogens is 2. The molecule has 1 aromatic rings. The fraction of sp³-hybridized carbons (Fsp3) is 0.545. The van der Waals surface area contributed by atoms with E-state index in [2.05, 4.69) is 10.2 Å². The second-order valence-electron chi connectivity index (χ2n) is 5.34. The summed E-state index contributed by atoms with van der Waals surface area (Å²) in [5, 5.41) is 14.9. The van der Waals surface area contributed by atoms with Gasteiger partial charge in [-0.05, 0) is 20.3 Å². The lowest BCUT2D eigenvalue weighted by molar-refractivity contribution is -0.126. The molecule has 0 aromatic carbocycles. The summed E-state index contributed by atoms with van der Waals surface area (Å²) in [6.07, 6.45) is 0.293. The van der Waals surface area contributed by atoms with E-state index in [9.17, 15) is 18.0 Å². The molecule has 1 aromatic heterocycles. The van der Waals surface area contributed by atoms with Crippen LogP contribution in [0.5, 0.6) is 0 Å². The Hall–Kier alpha value is -1.94. The molecule has 1 unspecified atom stereocenters. The molecule has 0 radical (unpaired) electrons. The van der Waals surface area contributed by atoms with E-state index >= 15 is 0 Å². The largest absolute Gasteiger partial charge is 0.476 e. The lowest BCUT2D eigenvalue weighted by Crippen LogP contribution is -2.39. The first-order chi connectivity index (χ1) is 9.59. The Morgan fingerprint density at radius 2 is 2.10 bits per heavy atom. The van der Waals surface area contributed by atoms with Crippen LogP contribution in [-0.4, -0.2) is 53.0 Å². The molecule has 116 valence electrons. The number of nitrogens with two attached hydrogens (primary N) is 1. The van der Waals surface area contributed by atoms with Crippen LogP contribution in [0.25, 0.3) is 0 Å². The number of carboxylic acid groups (broad SMARTS) is 1. The Bertz CT molecular complexity index is 710. The molecule has 1 amide bonds. The predicted octanol–water partition coefficient (Wildman–Crippen LogP) is -0.698. The number of hydrogen-bond donors (Lipinski definition) is 3. The fourth-order valence-corrected chi connectivity index (χ4v) is 4.19. The maximum Gasteiger partial charge on any atom is 0.357 e. The average Bonchev–Trinajstić information content (AvgIpc) is 2.94. The normalized spacial score (nSPS) is 23.3. The number of hydrogen-bond acceptors (Lipinski definition) is 5. The van der Waals surface area contributed by atoms with Gasteiger partial charge in [0.15, 0.2) is 5.69 Å². The number of carbonyl (C=O) groups excluding carboxylic acids is 1. The van der Waals surface area contributed by atoms with Crippen molar-refractivity contribution in [1.29, 1.82) is 0 Å². The van der Waals surface area contributed by atoms with Gasteiger partial charge in [-0.15, -0.1) is 0 Å². The number of aryl methyl sites for hydroxylation is 1. The second-order valence-corrected chi connectivity index (χ2v) is 7.22. The van der Waals surface area contributed by atoms with E-state index in [1.807, 2.05) is 0 Å². The lowest BCUT2D eigenvalue weighted by Gasteiger charge is -2.20. The highest BCUT2D eigenvalue weighted by Gasteiger charge is 2.45. The summed E-state index contributed by atoms with van der Waals surface area (Å²) in [5.74, 6) is -2.02. The number of amides is 1. The van der Waals surface area contributed by atoms with E-state index in [1.54, 1.807) is 6.92 Å². The zero-order valence-electron chi connectivity index (χ0n) is 11.6. The average molecular weight is 316 g/mol. The zero-order chi connectivity index (χ0) is 16.0. The van der Waals surface area contributed by atoms with E-state index in [0.717, 1.165) is 4.31 Å². The first kappa shape index (κ1) is 15.4. The fourth-order valence-electron chi connectivity index (χ4n) is 2.33. The number of aromatic amines is 1. The SMILES string of the molecule is Cc1[nH]nc(C(=O)O)c1S(=O)(=O)N1CCC(C)(C(N)=O)C1. The molecule has 0 spiro atoms. The van der Waals surface area contributed by atoms with E-state index in [1.165, 1.54) is 6.92 Å². The third kappa shape index (κ3) is 2.40. The first-order valence-corrected chi connectivity index (χ1v) is 7.62. The highest BCUT2D eigenvalue weighted by molar-refractivity contribution is 7.89. The Kier molecular flexibility index (Phi) is 3.54. The summed E-state index contributed by atoms with van der Waals surface area (Å²) in [5.41, 5.74) is 3.92. The highest BCUT2D eigenvalue weighted by atomic mass is 32.2. The third-order valence-corrected chi connectivity index (χ3v) is 5.73. The minimum Gasteiger partial charge on any atom is -0.476 e. The molecule has 2 rings (SSSR count). The van der Waals surface area contributed by atoms with Gasteiger partial charge in [0.2, 0.25) is 15.9 Å². The molecule has 1 atom stereocenters. The summed E-state index contributed by atoms with van der Waals surface area (Å²) in [7, 11) is -4.06. The van der Waals surface area contributed by atoms with E-state index in [4.69, 9.17) is 10.8 Å². The molecule has 0 bridgehead atoms. The van der Waals surface area contributed by atoms with Crippen LogP contribution < -0.4 is 5.73 Å². The minimum absolute atomic E-state index is 0.0751. The van der Waals surface area contributed by atoms with E-state index in [-0.39, 0.29) is 23.7 Å². The van der Waals surface area contributed by atoms with Crippen molar-refractivity contribution in [2.24, 2.45) is 11.1 Å². The van der Waals surface area contributed by atoms with Gasteiger partial charge in [0, 0.05) is 13.1 Å². The van der Waals surface area contributed by atoms with Crippen LogP contribution in [0.3, 0.4) is 0 Å². The number of rotatable bonds is 4. The number of H-pyrrole nitrogens is 1. The molecule has 10 heteroatoms. The summed E-state index contributed by atoms with van der Waals surface area (Å²) in [6.45, 7) is 3.04. The van der Waals surface area contributed by atoms with Crippen molar-refractivity contribution >= 4 is 21.9 Å². The number of carboxylic acids is 1. The molecule has 4 N–H and O–H groups in total. The number of nitrogens with one attached hydrogen (secondary N) is 1. The van der Waals surface area contributed by atoms with Crippen molar-refractivity contribution in [3.63, 3.8) is 0 Å². The Morgan fingerprint density at radius 1 is 1.48 bits per heavy atom. The van der Waals surface area contributed by atoms with Gasteiger partial charge in [-0.1, -0.05) is 0 Å². The number of nitrogens with zero attached hydrogens (tertiary/aromatic N) is 2. The number of primary amides is 1. The molecule has 1 saturated heterocycles. The molecule has 1 aliphatic rings. The van der Waals surface area contributed by atoms with Crippen molar-refractivity contribution in [2.45, 2.75) is 25.2 Å². The molecule has 0 aliphatic carbocycles. The van der Waals surface area contributed by atoms with Gasteiger partial charge in [0.05, 0.1) is 11.1 Å². The molecular formula is C11H16N4O5S. The Balaban J connectivity index is 2.44. The van der Waals surface area contributed by atoms with Crippen molar-refractivity contribution in [3.05, 3.63) is 11.4 Å². The maximum atomic E-state index is 12.6. The van der Waals surface area contributed by atoms with Gasteiger partial charge in [-0.2, -0.15) is 9.40 Å². The van der Waals surface area contributed by atoms with Crippen LogP contribution in [0.1, 0.15) is 29.5 Å². The number of sulfonamides is 1. The highest BCUT2D eigenvalue weighted by Crippen LogP contribution is 2.34. The second kappa shape index (κ2) is 4.81. The quantitative estimate of drug-likeness (QED) is 0.669. The summed E-state index contributed by atoms with van der Waals surface area (Å²) >= 11 is 0. The van der Waals surface area contributed by atoms with Crippen molar-refractivity contribution in [2.75, 3.05) is 13.1 Å². The van der Waals surface area contributed by atoms with Gasteiger partial charge in [-0.25, -0.2) is 13.2 Å². The van der Waals surface area contributed by atoms with Crippen molar-refractivity contribution < 1.29 is 23.1 Å². The van der Waals surface area contributed by atoms with Crippen LogP contribution in [0.15, 0.2) is 4.90 Å². The summed E-state index contributed by atoms with van der Waals surface area (Å²) < 4.78 is 26.3. The molecule has 9 nitrogen and oxygen atoms in total. The topological polar surface area (TPSA) is 146 Å². The number of carbonyl (C=O) groups is 2. The third-order valence-electron chi connectivity index (χ3n) is 3.72.